The molecule has 133 heavy (non-hydrogen) atoms. The zero-order valence-electron chi connectivity index (χ0n) is 65.8. The molecule has 3 unspecified atom stereocenters. The monoisotopic (exact) mass is 2180 g/mol. The summed E-state index contributed by atoms with van der Waals surface area (Å²) >= 11 is 95.3. The average Bonchev–Trinajstić information content (AvgIpc) is 1.57. The summed E-state index contributed by atoms with van der Waals surface area (Å²) in [5.74, 6) is -7.02. The molecule has 10 N–H and O–H groups in total. The number of fused-ring (bicyclic) bond motifs is 18. The van der Waals surface area contributed by atoms with Gasteiger partial charge in [-0.1, -0.05) is 198 Å². The van der Waals surface area contributed by atoms with E-state index in [2.05, 4.69) is 4.74 Å². The lowest BCUT2D eigenvalue weighted by Crippen LogP contribution is -2.34. The second-order valence-electron chi connectivity index (χ2n) is 28.4. The molecule has 0 fully saturated rings. The molecule has 0 aromatic heterocycles. The molecule has 5 aliphatic rings. The Morgan fingerprint density at radius 1 is 0.474 bits per heavy atom. The number of hydrogen-bond acceptors (Lipinski definition) is 23. The molecule has 0 saturated carbocycles. The SMILES string of the molecule is COC(=O)CCc1cc(C(=O)c2c(Cl)c(Cl)c(Cl)c(Cl)c2C(=O)O)c(O)c(Cl)c1O.CS(=O)(=O)O.O=C(O)CCc1cc2c(c(Cl)c1O)Oc1c(ccc3cc(O)ccc13)C21OC(=O)c2c(Cl)c(Cl)c(Cl)c(Cl)c21.O=C(P(F)[PH-])C(F)(F)F.O=C1CCc2cc3c(c(Cl)c2O1)Oc1c(ccc2cc(O)ccc12)C31OC(=O)c2c(Cl)c(Cl)c(Cl)c(Cl)c21.Oc1ccc2c(O)cccc2c1. The highest BCUT2D eigenvalue weighted by Crippen LogP contribution is 2.67. The average molecular weight is 2190 g/mol. The fraction of sp³-hybridized carbons (Fsp3) is 0.129. The number of hydrogen-bond donors (Lipinski definition) is 10. The van der Waals surface area contributed by atoms with Gasteiger partial charge in [0.2, 0.25) is 0 Å². The van der Waals surface area contributed by atoms with Crippen LogP contribution in [0.25, 0.3) is 32.3 Å². The third-order valence-electron chi connectivity index (χ3n) is 20.3. The number of aliphatic carboxylic acids is 1. The number of aryl methyl sites for hydroxylation is 3. The van der Waals surface area contributed by atoms with Crippen LogP contribution in [0.15, 0.2) is 115 Å². The maximum Gasteiger partial charge on any atom is 0.454 e. The van der Waals surface area contributed by atoms with E-state index >= 15 is 0 Å². The van der Waals surface area contributed by atoms with Crippen molar-refractivity contribution in [2.75, 3.05) is 13.4 Å². The number of alkyl halides is 3. The van der Waals surface area contributed by atoms with Crippen molar-refractivity contribution in [1.29, 1.82) is 0 Å². The first-order chi connectivity index (χ1) is 62.2. The molecular weight excluding hydrogens is 2140 g/mol. The number of benzene rings is 12. The number of rotatable bonds is 10. The van der Waals surface area contributed by atoms with E-state index in [4.69, 9.17) is 207 Å². The van der Waals surface area contributed by atoms with E-state index in [-0.39, 0.29) is 183 Å². The van der Waals surface area contributed by atoms with Crippen LogP contribution < -0.4 is 14.2 Å². The van der Waals surface area contributed by atoms with Gasteiger partial charge in [-0.25, -0.2) is 14.4 Å². The number of aromatic carboxylic acids is 1. The van der Waals surface area contributed by atoms with Gasteiger partial charge in [-0.05, 0) is 151 Å². The molecule has 2 spiro atoms. The highest BCUT2D eigenvalue weighted by Gasteiger charge is 2.60. The number of halogens is 19. The van der Waals surface area contributed by atoms with Crippen molar-refractivity contribution in [3.63, 3.8) is 0 Å². The number of aromatic hydroxyl groups is 7. The third-order valence-corrected chi connectivity index (χ3v) is 27.9. The smallest absolute Gasteiger partial charge is 0.454 e. The van der Waals surface area contributed by atoms with Crippen molar-refractivity contribution in [2.45, 2.75) is 55.9 Å². The number of ether oxygens (including phenoxy) is 6. The van der Waals surface area contributed by atoms with Crippen LogP contribution in [-0.4, -0.2) is 126 Å². The Morgan fingerprint density at radius 2 is 0.895 bits per heavy atom. The summed E-state index contributed by atoms with van der Waals surface area (Å²) in [5.41, 5.74) is -5.53. The number of ketones is 1. The minimum atomic E-state index is -5.05. The lowest BCUT2D eigenvalue weighted by Gasteiger charge is -2.38. The highest BCUT2D eigenvalue weighted by atomic mass is 35.5. The van der Waals surface area contributed by atoms with Gasteiger partial charge in [0.25, 0.3) is 15.6 Å². The number of carboxylic acids is 2. The van der Waals surface area contributed by atoms with E-state index in [1.54, 1.807) is 78.9 Å². The van der Waals surface area contributed by atoms with Gasteiger partial charge in [0.1, 0.15) is 66.8 Å². The lowest BCUT2D eigenvalue weighted by molar-refractivity contribution is -0.161. The van der Waals surface area contributed by atoms with Gasteiger partial charge in [-0.15, -0.1) is 0 Å². The first-order valence-corrected chi connectivity index (χ1v) is 46.7. The van der Waals surface area contributed by atoms with Gasteiger partial charge in [0, 0.05) is 62.4 Å². The van der Waals surface area contributed by atoms with Crippen LogP contribution in [0.3, 0.4) is 0 Å². The van der Waals surface area contributed by atoms with Gasteiger partial charge in [0.15, 0.2) is 34.2 Å². The van der Waals surface area contributed by atoms with E-state index in [1.165, 1.54) is 31.4 Å². The first-order valence-electron chi connectivity index (χ1n) is 36.6. The Balaban J connectivity index is 0.000000159. The summed E-state index contributed by atoms with van der Waals surface area (Å²) in [6.07, 6.45) is -4.52. The number of phenolic OH excluding ortho intramolecular Hbond substituents is 7. The predicted octanol–water partition coefficient (Wildman–Crippen LogP) is 26.0. The fourth-order valence-electron chi connectivity index (χ4n) is 14.5. The van der Waals surface area contributed by atoms with E-state index in [0.29, 0.717) is 56.5 Å². The molecule has 12 aromatic carbocycles. The highest BCUT2D eigenvalue weighted by molar-refractivity contribution is 8.19. The van der Waals surface area contributed by atoms with Gasteiger partial charge < -0.3 is 83.3 Å². The number of phenols is 7. The Morgan fingerprint density at radius 3 is 1.35 bits per heavy atom. The standard InChI is InChI=1S/C27H13Cl5O7.C27H11Cl5O6.C18H11Cl5O7.C10H8O2.C2HF4OP2.CH4O3S/c28-18-16-17(19(29)21(31)20(18)30)27(39-26(16)37)13-5-1-9-7-11(33)3-4-12(9)24(13)38-25-14(27)8-10(2-6-15(34)35)23(36)22(25)32;28-18-16-17(19(29)21(31)20(18)30)27(38-26(16)35)13-5-1-9-7-11(33)3-4-12(9)24(13)37-25-14(27)8-10-2-6-15(34)36-23(10)22(25)32;1-30-7(24)3-2-5-4-6(17(27)14(23)15(5)25)16(26)8-9(18(28)29)11(20)13(22)12(21)10(8)19;11-8-4-5-9-7(6-8)2-1-3-10(9)12;3-2(4,5)1(7)9(6)8;1-5(2,3)4/h1,3-5,7-8,33,36H,2,6H2,(H,34,35);1,3-5,7-8,33H,2,6H2;4,25,27H,2-3H2,1H3,(H,28,29);1-6,11-12H;8H;1H3,(H,2,3,4)/q;;;;-1;. The van der Waals surface area contributed by atoms with Crippen LogP contribution in [0.2, 0.25) is 75.3 Å². The topological polar surface area (TPSA) is 428 Å². The number of carbonyl (C=O) groups excluding carboxylic acids is 6. The van der Waals surface area contributed by atoms with Crippen LogP contribution in [0.1, 0.15) is 116 Å². The zero-order valence-corrected chi connectivity index (χ0v) is 79.8. The minimum Gasteiger partial charge on any atom is -0.508 e. The van der Waals surface area contributed by atoms with Crippen LogP contribution in [0, 0.1) is 0 Å². The molecule has 0 radical (unpaired) electrons. The fourth-order valence-corrected chi connectivity index (χ4v) is 19.1. The molecule has 0 amide bonds. The predicted molar refractivity (Wildman–Crippen MR) is 494 cm³/mol. The largest absolute Gasteiger partial charge is 0.508 e. The minimum absolute atomic E-state index is 0.0148. The molecule has 17 rings (SSSR count). The van der Waals surface area contributed by atoms with E-state index < -0.39 is 132 Å². The second-order valence-corrected chi connectivity index (χ2v) is 37.6. The van der Waals surface area contributed by atoms with E-state index in [9.17, 15) is 105 Å². The van der Waals surface area contributed by atoms with Gasteiger partial charge >= 0.3 is 42.0 Å². The van der Waals surface area contributed by atoms with E-state index in [1.807, 2.05) is 15.0 Å². The molecule has 3 atom stereocenters. The molecular formula is C85H48Cl15F4O26P2S-. The normalized spacial score (nSPS) is 15.2. The van der Waals surface area contributed by atoms with Crippen molar-refractivity contribution in [1.82, 2.24) is 0 Å². The number of carbonyl (C=O) groups is 8. The molecule has 5 aliphatic heterocycles. The quantitative estimate of drug-likeness (QED) is 0.00699. The Kier molecular flexibility index (Phi) is 30.6. The van der Waals surface area contributed by atoms with Crippen LogP contribution >= 0.6 is 191 Å². The molecule has 5 heterocycles. The van der Waals surface area contributed by atoms with Crippen LogP contribution in [0.4, 0.5) is 17.4 Å². The Bertz CT molecular complexity index is 7210. The van der Waals surface area contributed by atoms with Crippen molar-refractivity contribution in [3.8, 4) is 69.0 Å². The number of esters is 4. The van der Waals surface area contributed by atoms with Crippen molar-refractivity contribution in [2.24, 2.45) is 0 Å². The van der Waals surface area contributed by atoms with Crippen molar-refractivity contribution < 1.29 is 143 Å². The van der Waals surface area contributed by atoms with Crippen LogP contribution in [-0.2, 0) is 74.0 Å². The number of methoxy groups -OCH3 is 1. The molecule has 0 saturated heterocycles. The second kappa shape index (κ2) is 39.7. The van der Waals surface area contributed by atoms with Crippen molar-refractivity contribution >= 4 is 280 Å². The molecule has 694 valence electrons. The summed E-state index contributed by atoms with van der Waals surface area (Å²) in [7, 11) is -3.75. The maximum absolute atomic E-state index is 13.5. The molecule has 48 heteroatoms. The number of carboxylic acid groups (broad SMARTS) is 2. The third kappa shape index (κ3) is 19.5. The summed E-state index contributed by atoms with van der Waals surface area (Å²) in [5, 5.41) is 89.2. The molecule has 12 aromatic rings. The van der Waals surface area contributed by atoms with Crippen molar-refractivity contribution in [3.05, 3.63) is 268 Å². The first kappa shape index (κ1) is 103. The maximum atomic E-state index is 13.5. The summed E-state index contributed by atoms with van der Waals surface area (Å²) in [6, 6.07) is 30.4. The van der Waals surface area contributed by atoms with E-state index in [0.717, 1.165) is 16.8 Å². The summed E-state index contributed by atoms with van der Waals surface area (Å²) in [6.45, 7) is 0. The molecule has 26 nitrogen and oxygen atoms in total. The molecule has 0 aliphatic carbocycles. The zero-order chi connectivity index (χ0) is 98.3. The van der Waals surface area contributed by atoms with Crippen LogP contribution in [0.5, 0.6) is 69.0 Å². The Hall–Kier alpha value is -9.38. The van der Waals surface area contributed by atoms with Gasteiger partial charge in [0.05, 0.1) is 108 Å². The van der Waals surface area contributed by atoms with Gasteiger partial charge in [-0.2, -0.15) is 21.6 Å². The lowest BCUT2D eigenvalue weighted by atomic mass is 9.76. The summed E-state index contributed by atoms with van der Waals surface area (Å²) in [4.78, 5) is 96.2. The summed E-state index contributed by atoms with van der Waals surface area (Å²) < 4.78 is 106. The Labute approximate surface area is 823 Å². The van der Waals surface area contributed by atoms with Gasteiger partial charge in [-0.3, -0.25) is 32.7 Å². The molecule has 0 bridgehead atoms.